The van der Waals surface area contributed by atoms with E-state index < -0.39 is 0 Å². The van der Waals surface area contributed by atoms with Crippen LogP contribution in [0.1, 0.15) is 54.5 Å². The average molecular weight is 433 g/mol. The molecule has 4 rings (SSSR count). The third-order valence-corrected chi connectivity index (χ3v) is 5.87. The van der Waals surface area contributed by atoms with Gasteiger partial charge in [-0.05, 0) is 66.3 Å². The number of hydrogen-bond acceptors (Lipinski definition) is 6. The molecule has 8 nitrogen and oxygen atoms in total. The van der Waals surface area contributed by atoms with Crippen molar-refractivity contribution in [3.05, 3.63) is 74.7 Å². The molecule has 1 aliphatic rings. The van der Waals surface area contributed by atoms with E-state index >= 15 is 0 Å². The summed E-state index contributed by atoms with van der Waals surface area (Å²) < 4.78 is 8.50. The van der Waals surface area contributed by atoms with Gasteiger partial charge in [0.15, 0.2) is 0 Å². The first kappa shape index (κ1) is 21.7. The quantitative estimate of drug-likeness (QED) is 0.339. The van der Waals surface area contributed by atoms with Gasteiger partial charge in [0.05, 0.1) is 11.4 Å². The molecule has 3 aromatic rings. The summed E-state index contributed by atoms with van der Waals surface area (Å²) in [6.07, 6.45) is 4.03. The Hall–Kier alpha value is -3.55. The van der Waals surface area contributed by atoms with Crippen LogP contribution in [0.4, 0.5) is 0 Å². The molecule has 32 heavy (non-hydrogen) atoms. The lowest BCUT2D eigenvalue weighted by Crippen LogP contribution is -2.23. The number of fused-ring (bicyclic) bond motifs is 1. The molecule has 0 N–H and O–H groups in total. The van der Waals surface area contributed by atoms with Crippen LogP contribution in [-0.4, -0.2) is 31.4 Å². The molecule has 1 aliphatic carbocycles. The molecule has 0 fully saturated rings. The van der Waals surface area contributed by atoms with Gasteiger partial charge < -0.3 is 4.74 Å². The maximum absolute atomic E-state index is 12.3. The highest BCUT2D eigenvalue weighted by Gasteiger charge is 2.16. The van der Waals surface area contributed by atoms with Gasteiger partial charge in [0, 0.05) is 24.6 Å². The second-order valence-corrected chi connectivity index (χ2v) is 7.99. The molecule has 166 valence electrons. The summed E-state index contributed by atoms with van der Waals surface area (Å²) >= 11 is 0. The number of aryl methyl sites for hydroxylation is 3. The molecule has 0 bridgehead atoms. The van der Waals surface area contributed by atoms with Crippen molar-refractivity contribution in [1.82, 2.24) is 19.8 Å². The Kier molecular flexibility index (Phi) is 6.30. The van der Waals surface area contributed by atoms with Crippen LogP contribution in [0, 0.1) is 6.92 Å². The number of tetrazole rings is 1. The third kappa shape index (κ3) is 4.26. The Morgan fingerprint density at radius 2 is 1.94 bits per heavy atom. The number of rotatable bonds is 6. The smallest absolute Gasteiger partial charge is 0.368 e. The molecule has 8 heteroatoms. The van der Waals surface area contributed by atoms with Gasteiger partial charge in [-0.2, -0.15) is 14.5 Å². The summed E-state index contributed by atoms with van der Waals surface area (Å²) in [7, 11) is 1.57. The van der Waals surface area contributed by atoms with Gasteiger partial charge in [0.25, 0.3) is 0 Å². The maximum Gasteiger partial charge on any atom is 0.368 e. The zero-order valence-electron chi connectivity index (χ0n) is 19.0. The van der Waals surface area contributed by atoms with Gasteiger partial charge in [-0.3, -0.25) is 0 Å². The standard InChI is InChI=1S/C24H28N6O2/c1-5-23(26-25-17(3)19-12-7-10-18-11-8-13-20(18)19)32-15-21-16(2)9-6-14-22(21)30-24(31)29(4)27-28-30/h6-7,9-10,12,14H,5,8,11,13,15H2,1-4H3. The summed E-state index contributed by atoms with van der Waals surface area (Å²) in [6.45, 7) is 6.21. The zero-order chi connectivity index (χ0) is 22.7. The Bertz CT molecular complexity index is 1250. The first-order valence-electron chi connectivity index (χ1n) is 10.9. The zero-order valence-corrected chi connectivity index (χ0v) is 19.0. The van der Waals surface area contributed by atoms with Crippen molar-refractivity contribution in [2.45, 2.75) is 53.1 Å². The SMILES string of the molecule is CCC(=NN=C(C)c1cccc2c1CCC2)OCc1c(C)cccc1-n1nnn(C)c1=O. The highest BCUT2D eigenvalue weighted by molar-refractivity contribution is 6.00. The normalized spacial score (nSPS) is 14.0. The van der Waals surface area contributed by atoms with E-state index in [1.807, 2.05) is 39.0 Å². The first-order chi connectivity index (χ1) is 15.5. The van der Waals surface area contributed by atoms with Crippen LogP contribution < -0.4 is 5.69 Å². The summed E-state index contributed by atoms with van der Waals surface area (Å²) in [5, 5.41) is 16.6. The van der Waals surface area contributed by atoms with Crippen LogP contribution in [-0.2, 0) is 31.2 Å². The second-order valence-electron chi connectivity index (χ2n) is 7.99. The third-order valence-electron chi connectivity index (χ3n) is 5.87. The van der Waals surface area contributed by atoms with Crippen LogP contribution in [0.15, 0.2) is 51.4 Å². The maximum atomic E-state index is 12.3. The van der Waals surface area contributed by atoms with Crippen molar-refractivity contribution < 1.29 is 4.74 Å². The molecule has 0 radical (unpaired) electrons. The number of nitrogens with zero attached hydrogens (tertiary/aromatic N) is 6. The Morgan fingerprint density at radius 3 is 2.69 bits per heavy atom. The molecule has 0 spiro atoms. The van der Waals surface area contributed by atoms with Crippen molar-refractivity contribution in [2.24, 2.45) is 17.3 Å². The number of aromatic nitrogens is 4. The van der Waals surface area contributed by atoms with Crippen molar-refractivity contribution >= 4 is 11.6 Å². The minimum Gasteiger partial charge on any atom is -0.475 e. The second kappa shape index (κ2) is 9.30. The Labute approximate surface area is 187 Å². The molecule has 1 aromatic heterocycles. The summed E-state index contributed by atoms with van der Waals surface area (Å²) in [4.78, 5) is 12.3. The van der Waals surface area contributed by atoms with Crippen LogP contribution >= 0.6 is 0 Å². The van der Waals surface area contributed by atoms with Crippen molar-refractivity contribution in [3.8, 4) is 5.69 Å². The topological polar surface area (TPSA) is 86.7 Å². The van der Waals surface area contributed by atoms with Crippen LogP contribution in [0.25, 0.3) is 5.69 Å². The van der Waals surface area contributed by atoms with E-state index in [1.54, 1.807) is 7.05 Å². The minimum absolute atomic E-state index is 0.257. The fourth-order valence-corrected chi connectivity index (χ4v) is 4.04. The molecular weight excluding hydrogens is 404 g/mol. The molecule has 0 saturated heterocycles. The molecule has 1 heterocycles. The molecule has 0 aliphatic heterocycles. The van der Waals surface area contributed by atoms with E-state index in [9.17, 15) is 4.79 Å². The first-order valence-corrected chi connectivity index (χ1v) is 10.9. The molecule has 0 atom stereocenters. The fourth-order valence-electron chi connectivity index (χ4n) is 4.04. The van der Waals surface area contributed by atoms with Gasteiger partial charge in [-0.15, -0.1) is 5.10 Å². The van der Waals surface area contributed by atoms with Gasteiger partial charge in [-0.1, -0.05) is 37.3 Å². The van der Waals surface area contributed by atoms with Gasteiger partial charge in [-0.25, -0.2) is 4.79 Å². The molecule has 0 unspecified atom stereocenters. The summed E-state index contributed by atoms with van der Waals surface area (Å²) in [5.74, 6) is 0.539. The molecule has 0 saturated carbocycles. The van der Waals surface area contributed by atoms with Crippen molar-refractivity contribution in [1.29, 1.82) is 0 Å². The van der Waals surface area contributed by atoms with E-state index in [1.165, 1.54) is 32.5 Å². The van der Waals surface area contributed by atoms with E-state index in [-0.39, 0.29) is 12.3 Å². The molecule has 0 amide bonds. The summed E-state index contributed by atoms with van der Waals surface area (Å²) in [6, 6.07) is 12.1. The predicted molar refractivity (Wildman–Crippen MR) is 125 cm³/mol. The van der Waals surface area contributed by atoms with Gasteiger partial charge in [0.2, 0.25) is 5.90 Å². The van der Waals surface area contributed by atoms with Crippen molar-refractivity contribution in [3.63, 3.8) is 0 Å². The van der Waals surface area contributed by atoms with Gasteiger partial charge >= 0.3 is 5.69 Å². The van der Waals surface area contributed by atoms with E-state index in [0.717, 1.165) is 29.7 Å². The van der Waals surface area contributed by atoms with Crippen LogP contribution in [0.3, 0.4) is 0 Å². The summed E-state index contributed by atoms with van der Waals surface area (Å²) in [5.41, 5.74) is 7.06. The lowest BCUT2D eigenvalue weighted by Gasteiger charge is -2.13. The largest absolute Gasteiger partial charge is 0.475 e. The fraction of sp³-hybridized carbons (Fsp3) is 0.375. The number of ether oxygens (including phenoxy) is 1. The van der Waals surface area contributed by atoms with Gasteiger partial charge in [0.1, 0.15) is 6.61 Å². The minimum atomic E-state index is -0.308. The lowest BCUT2D eigenvalue weighted by atomic mass is 10.0. The average Bonchev–Trinajstić information content (AvgIpc) is 3.41. The Balaban J connectivity index is 1.56. The van der Waals surface area contributed by atoms with Crippen molar-refractivity contribution in [2.75, 3.05) is 0 Å². The molecule has 2 aromatic carbocycles. The predicted octanol–water partition coefficient (Wildman–Crippen LogP) is 3.51. The highest BCUT2D eigenvalue weighted by Crippen LogP contribution is 2.25. The monoisotopic (exact) mass is 432 g/mol. The van der Waals surface area contributed by atoms with E-state index in [4.69, 9.17) is 4.74 Å². The van der Waals surface area contributed by atoms with E-state index in [2.05, 4.69) is 38.8 Å². The lowest BCUT2D eigenvalue weighted by molar-refractivity contribution is 0.282. The molecular formula is C24H28N6O2. The van der Waals surface area contributed by atoms with Crippen LogP contribution in [0.2, 0.25) is 0 Å². The Morgan fingerprint density at radius 1 is 1.12 bits per heavy atom. The van der Waals surface area contributed by atoms with Crippen LogP contribution in [0.5, 0.6) is 0 Å². The highest BCUT2D eigenvalue weighted by atomic mass is 16.5. The van der Waals surface area contributed by atoms with E-state index in [0.29, 0.717) is 18.0 Å². The number of hydrogen-bond donors (Lipinski definition) is 0. The number of benzene rings is 2.